The van der Waals surface area contributed by atoms with Crippen LogP contribution in [0.5, 0.6) is 5.75 Å². The molecule has 0 spiro atoms. The zero-order chi connectivity index (χ0) is 15.6. The number of rotatable bonds is 4. The quantitative estimate of drug-likeness (QED) is 0.900. The minimum Gasteiger partial charge on any atom is -0.497 e. The van der Waals surface area contributed by atoms with Crippen LogP contribution in [0.2, 0.25) is 0 Å². The van der Waals surface area contributed by atoms with Crippen molar-refractivity contribution in [3.05, 3.63) is 28.2 Å². The van der Waals surface area contributed by atoms with Gasteiger partial charge in [-0.05, 0) is 37.1 Å². The molecule has 1 aliphatic rings. The maximum Gasteiger partial charge on any atom is 0.245 e. The van der Waals surface area contributed by atoms with Crippen molar-refractivity contribution in [2.75, 3.05) is 7.11 Å². The highest BCUT2D eigenvalue weighted by molar-refractivity contribution is 9.10. The summed E-state index contributed by atoms with van der Waals surface area (Å²) in [5, 5.41) is 2.72. The van der Waals surface area contributed by atoms with E-state index in [0.717, 1.165) is 15.8 Å². The van der Waals surface area contributed by atoms with Crippen LogP contribution < -0.4 is 10.1 Å². The van der Waals surface area contributed by atoms with Crippen molar-refractivity contribution in [3.63, 3.8) is 0 Å². The number of amides is 2. The van der Waals surface area contributed by atoms with Gasteiger partial charge in [0.05, 0.1) is 7.11 Å². The van der Waals surface area contributed by atoms with Gasteiger partial charge in [-0.15, -0.1) is 0 Å². The third-order valence-corrected chi connectivity index (χ3v) is 4.45. The number of nitrogens with zero attached hydrogens (tertiary/aromatic N) is 1. The monoisotopic (exact) mass is 354 g/mol. The Morgan fingerprint density at radius 3 is 2.71 bits per heavy atom. The Morgan fingerprint density at radius 1 is 1.38 bits per heavy atom. The third kappa shape index (κ3) is 3.20. The second-order valence-corrected chi connectivity index (χ2v) is 5.93. The fourth-order valence-corrected chi connectivity index (χ4v) is 2.86. The van der Waals surface area contributed by atoms with Gasteiger partial charge in [0.25, 0.3) is 0 Å². The molecule has 6 heteroatoms. The first kappa shape index (κ1) is 15.8. The molecule has 1 saturated heterocycles. The van der Waals surface area contributed by atoms with E-state index in [2.05, 4.69) is 21.2 Å². The average Bonchev–Trinajstić information content (AvgIpc) is 2.46. The largest absolute Gasteiger partial charge is 0.497 e. The molecule has 1 aromatic rings. The molecule has 2 atom stereocenters. The van der Waals surface area contributed by atoms with Crippen molar-refractivity contribution in [3.8, 4) is 5.75 Å². The highest BCUT2D eigenvalue weighted by Crippen LogP contribution is 2.26. The zero-order valence-electron chi connectivity index (χ0n) is 12.4. The molecule has 1 aliphatic heterocycles. The summed E-state index contributed by atoms with van der Waals surface area (Å²) in [5.74, 6) is 0.572. The molecule has 1 N–H and O–H groups in total. The van der Waals surface area contributed by atoms with Crippen molar-refractivity contribution in [1.29, 1.82) is 0 Å². The van der Waals surface area contributed by atoms with Crippen LogP contribution in [0.1, 0.15) is 25.8 Å². The molecule has 2 unspecified atom stereocenters. The number of methoxy groups -OCH3 is 1. The lowest BCUT2D eigenvalue weighted by molar-refractivity contribution is -0.149. The Hall–Kier alpha value is -1.56. The van der Waals surface area contributed by atoms with Crippen molar-refractivity contribution in [1.82, 2.24) is 10.2 Å². The predicted molar refractivity (Wildman–Crippen MR) is 82.9 cm³/mol. The lowest BCUT2D eigenvalue weighted by Crippen LogP contribution is -2.61. The Morgan fingerprint density at radius 2 is 2.10 bits per heavy atom. The standard InChI is InChI=1S/C15H19BrN2O3/c1-4-13-14(19)17-9(2)15(20)18(13)8-10-7-11(21-3)5-6-12(10)16/h5-7,9,13H,4,8H2,1-3H3,(H,17,19). The van der Waals surface area contributed by atoms with Crippen LogP contribution >= 0.6 is 15.9 Å². The van der Waals surface area contributed by atoms with Crippen LogP contribution in [0.4, 0.5) is 0 Å². The molecule has 0 bridgehead atoms. The van der Waals surface area contributed by atoms with Gasteiger partial charge in [-0.2, -0.15) is 0 Å². The van der Waals surface area contributed by atoms with E-state index in [4.69, 9.17) is 4.74 Å². The number of ether oxygens (including phenoxy) is 1. The Balaban J connectivity index is 2.30. The lowest BCUT2D eigenvalue weighted by Gasteiger charge is -2.37. The first-order valence-corrected chi connectivity index (χ1v) is 7.70. The summed E-state index contributed by atoms with van der Waals surface area (Å²) < 4.78 is 6.11. The van der Waals surface area contributed by atoms with E-state index >= 15 is 0 Å². The summed E-state index contributed by atoms with van der Waals surface area (Å²) in [7, 11) is 1.60. The fraction of sp³-hybridized carbons (Fsp3) is 0.467. The fourth-order valence-electron chi connectivity index (χ4n) is 2.49. The van der Waals surface area contributed by atoms with Crippen molar-refractivity contribution in [2.24, 2.45) is 0 Å². The topological polar surface area (TPSA) is 58.6 Å². The molecule has 5 nitrogen and oxygen atoms in total. The predicted octanol–water partition coefficient (Wildman–Crippen LogP) is 2.08. The maximum absolute atomic E-state index is 12.4. The molecule has 0 radical (unpaired) electrons. The number of carbonyl (C=O) groups excluding carboxylic acids is 2. The number of carbonyl (C=O) groups is 2. The Labute approximate surface area is 132 Å². The summed E-state index contributed by atoms with van der Waals surface area (Å²) >= 11 is 3.48. The van der Waals surface area contributed by atoms with Gasteiger partial charge in [-0.1, -0.05) is 22.9 Å². The van der Waals surface area contributed by atoms with E-state index in [0.29, 0.717) is 13.0 Å². The van der Waals surface area contributed by atoms with Gasteiger partial charge in [-0.25, -0.2) is 0 Å². The van der Waals surface area contributed by atoms with Gasteiger partial charge in [0.15, 0.2) is 0 Å². The molecule has 1 aromatic carbocycles. The molecular formula is C15H19BrN2O3. The van der Waals surface area contributed by atoms with Gasteiger partial charge in [0.2, 0.25) is 11.8 Å². The molecule has 0 saturated carbocycles. The molecule has 0 aliphatic carbocycles. The molecule has 21 heavy (non-hydrogen) atoms. The second-order valence-electron chi connectivity index (χ2n) is 5.08. The van der Waals surface area contributed by atoms with E-state index in [-0.39, 0.29) is 11.8 Å². The number of hydrogen-bond donors (Lipinski definition) is 1. The molecule has 1 heterocycles. The van der Waals surface area contributed by atoms with Crippen LogP contribution in [0.15, 0.2) is 22.7 Å². The van der Waals surface area contributed by atoms with E-state index in [9.17, 15) is 9.59 Å². The number of benzene rings is 1. The van der Waals surface area contributed by atoms with E-state index in [1.54, 1.807) is 18.9 Å². The Kier molecular flexibility index (Phi) is 4.88. The van der Waals surface area contributed by atoms with E-state index in [1.807, 2.05) is 25.1 Å². The lowest BCUT2D eigenvalue weighted by atomic mass is 10.0. The average molecular weight is 355 g/mol. The maximum atomic E-state index is 12.4. The van der Waals surface area contributed by atoms with Gasteiger partial charge < -0.3 is 15.0 Å². The molecule has 2 amide bonds. The van der Waals surface area contributed by atoms with Gasteiger partial charge in [0, 0.05) is 11.0 Å². The molecule has 2 rings (SSSR count). The third-order valence-electron chi connectivity index (χ3n) is 3.67. The Bertz CT molecular complexity index is 562. The summed E-state index contributed by atoms with van der Waals surface area (Å²) in [6.07, 6.45) is 0.589. The van der Waals surface area contributed by atoms with Crippen LogP contribution in [-0.4, -0.2) is 35.9 Å². The molecule has 114 valence electrons. The normalized spacial score (nSPS) is 22.2. The SMILES string of the molecule is CCC1C(=O)NC(C)C(=O)N1Cc1cc(OC)ccc1Br. The molecule has 1 fully saturated rings. The van der Waals surface area contributed by atoms with Gasteiger partial charge in [-0.3, -0.25) is 9.59 Å². The molecular weight excluding hydrogens is 336 g/mol. The van der Waals surface area contributed by atoms with Crippen LogP contribution in [0.25, 0.3) is 0 Å². The minimum absolute atomic E-state index is 0.0591. The van der Waals surface area contributed by atoms with Crippen molar-refractivity contribution in [2.45, 2.75) is 38.9 Å². The first-order valence-electron chi connectivity index (χ1n) is 6.91. The van der Waals surface area contributed by atoms with E-state index < -0.39 is 12.1 Å². The van der Waals surface area contributed by atoms with Crippen LogP contribution in [-0.2, 0) is 16.1 Å². The van der Waals surface area contributed by atoms with Crippen LogP contribution in [0.3, 0.4) is 0 Å². The second kappa shape index (κ2) is 6.47. The van der Waals surface area contributed by atoms with Gasteiger partial charge in [0.1, 0.15) is 17.8 Å². The highest BCUT2D eigenvalue weighted by Gasteiger charge is 2.37. The van der Waals surface area contributed by atoms with E-state index in [1.165, 1.54) is 0 Å². The number of halogens is 1. The number of hydrogen-bond acceptors (Lipinski definition) is 3. The zero-order valence-corrected chi connectivity index (χ0v) is 13.9. The minimum atomic E-state index is -0.482. The van der Waals surface area contributed by atoms with Gasteiger partial charge >= 0.3 is 0 Å². The van der Waals surface area contributed by atoms with Crippen LogP contribution in [0, 0.1) is 0 Å². The first-order chi connectivity index (χ1) is 9.97. The highest BCUT2D eigenvalue weighted by atomic mass is 79.9. The molecule has 0 aromatic heterocycles. The summed E-state index contributed by atoms with van der Waals surface area (Å²) in [5.41, 5.74) is 0.919. The smallest absolute Gasteiger partial charge is 0.245 e. The van der Waals surface area contributed by atoms with Crippen molar-refractivity contribution >= 4 is 27.7 Å². The number of piperazine rings is 1. The number of nitrogens with one attached hydrogen (secondary N) is 1. The summed E-state index contributed by atoms with van der Waals surface area (Å²) in [4.78, 5) is 26.1. The summed E-state index contributed by atoms with van der Waals surface area (Å²) in [6.45, 7) is 3.99. The summed E-state index contributed by atoms with van der Waals surface area (Å²) in [6, 6.07) is 4.70. The van der Waals surface area contributed by atoms with Crippen molar-refractivity contribution < 1.29 is 14.3 Å².